The Bertz CT molecular complexity index is 161. The van der Waals surface area contributed by atoms with Crippen molar-refractivity contribution in [2.45, 2.75) is 6.18 Å². The second kappa shape index (κ2) is 3.09. The van der Waals surface area contributed by atoms with Crippen molar-refractivity contribution in [3.05, 3.63) is 12.2 Å². The summed E-state index contributed by atoms with van der Waals surface area (Å²) in [5, 5.41) is -1.03. The van der Waals surface area contributed by atoms with Gasteiger partial charge in [-0.2, -0.15) is 13.2 Å². The maximum atomic E-state index is 11.6. The number of carbonyl (C=O) groups is 1. The molecule has 0 aromatic heterocycles. The highest BCUT2D eigenvalue weighted by Gasteiger charge is 2.36. The van der Waals surface area contributed by atoms with Crippen LogP contribution in [0.3, 0.4) is 0 Å². The van der Waals surface area contributed by atoms with E-state index in [9.17, 15) is 18.0 Å². The summed E-state index contributed by atoms with van der Waals surface area (Å²) in [5.41, 5.74) is -1.31. The van der Waals surface area contributed by atoms with Crippen molar-refractivity contribution in [2.24, 2.45) is 0 Å². The summed E-state index contributed by atoms with van der Waals surface area (Å²) < 4.78 is 34.7. The maximum absolute atomic E-state index is 11.6. The molecular formula is C5H5F3OS. The molecule has 0 aliphatic carbocycles. The third-order valence-corrected chi connectivity index (χ3v) is 1.39. The predicted octanol–water partition coefficient (Wildman–Crippen LogP) is 1.99. The molecule has 0 saturated heterocycles. The molecule has 0 bridgehead atoms. The molecule has 0 radical (unpaired) electrons. The van der Waals surface area contributed by atoms with Crippen LogP contribution in [0.4, 0.5) is 13.2 Å². The second-order valence-electron chi connectivity index (χ2n) is 1.47. The van der Waals surface area contributed by atoms with Gasteiger partial charge in [0.2, 0.25) is 5.12 Å². The van der Waals surface area contributed by atoms with E-state index in [1.54, 1.807) is 0 Å². The number of rotatable bonds is 1. The van der Waals surface area contributed by atoms with Gasteiger partial charge in [0, 0.05) is 0 Å². The summed E-state index contributed by atoms with van der Waals surface area (Å²) >= 11 is 0.501. The van der Waals surface area contributed by atoms with Crippen LogP contribution in [0.25, 0.3) is 0 Å². The van der Waals surface area contributed by atoms with E-state index in [-0.39, 0.29) is 0 Å². The lowest BCUT2D eigenvalue weighted by molar-refractivity contribution is -0.121. The molecule has 0 heterocycles. The van der Waals surface area contributed by atoms with Crippen molar-refractivity contribution in [3.8, 4) is 0 Å². The average Bonchev–Trinajstić information content (AvgIpc) is 1.83. The Morgan fingerprint density at radius 3 is 2.00 bits per heavy atom. The fourth-order valence-electron chi connectivity index (χ4n) is 0.239. The fourth-order valence-corrected chi connectivity index (χ4v) is 0.601. The monoisotopic (exact) mass is 170 g/mol. The summed E-state index contributed by atoms with van der Waals surface area (Å²) in [5.74, 6) is 0. The average molecular weight is 170 g/mol. The zero-order valence-electron chi connectivity index (χ0n) is 5.16. The number of hydrogen-bond acceptors (Lipinski definition) is 2. The molecule has 5 heteroatoms. The zero-order chi connectivity index (χ0) is 8.36. The van der Waals surface area contributed by atoms with Crippen molar-refractivity contribution >= 4 is 16.9 Å². The van der Waals surface area contributed by atoms with Crippen molar-refractivity contribution < 1.29 is 18.0 Å². The normalized spacial score (nSPS) is 11.2. The Hall–Kier alpha value is -0.450. The summed E-state index contributed by atoms with van der Waals surface area (Å²) in [7, 11) is 0. The molecule has 0 spiro atoms. The molecule has 0 aliphatic heterocycles. The van der Waals surface area contributed by atoms with Gasteiger partial charge in [0.15, 0.2) is 0 Å². The summed E-state index contributed by atoms with van der Waals surface area (Å²) in [6.07, 6.45) is -3.31. The van der Waals surface area contributed by atoms with Gasteiger partial charge in [0.25, 0.3) is 0 Å². The number of thioether (sulfide) groups is 1. The number of carbonyl (C=O) groups excluding carboxylic acids is 1. The summed E-state index contributed by atoms with van der Waals surface area (Å²) in [4.78, 5) is 10.3. The van der Waals surface area contributed by atoms with Gasteiger partial charge in [0.1, 0.15) is 5.57 Å². The highest BCUT2D eigenvalue weighted by Crippen LogP contribution is 2.26. The van der Waals surface area contributed by atoms with E-state index in [1.165, 1.54) is 6.26 Å². The van der Waals surface area contributed by atoms with Crippen LogP contribution >= 0.6 is 11.8 Å². The number of hydrogen-bond donors (Lipinski definition) is 0. The molecule has 58 valence electrons. The maximum Gasteiger partial charge on any atom is 0.420 e. The minimum absolute atomic E-state index is 0.501. The third-order valence-electron chi connectivity index (χ3n) is 0.774. The first-order valence-corrected chi connectivity index (χ1v) is 3.46. The molecule has 0 unspecified atom stereocenters. The molecular weight excluding hydrogens is 165 g/mol. The zero-order valence-corrected chi connectivity index (χ0v) is 5.97. The summed E-state index contributed by atoms with van der Waals surface area (Å²) in [6.45, 7) is 2.60. The van der Waals surface area contributed by atoms with E-state index < -0.39 is 16.9 Å². The van der Waals surface area contributed by atoms with Gasteiger partial charge >= 0.3 is 6.18 Å². The quantitative estimate of drug-likeness (QED) is 0.560. The van der Waals surface area contributed by atoms with E-state index in [4.69, 9.17) is 0 Å². The van der Waals surface area contributed by atoms with Crippen LogP contribution in [0.2, 0.25) is 0 Å². The topological polar surface area (TPSA) is 17.1 Å². The van der Waals surface area contributed by atoms with E-state index in [0.717, 1.165) is 0 Å². The number of halogens is 3. The summed E-state index contributed by atoms with van der Waals surface area (Å²) in [6, 6.07) is 0. The largest absolute Gasteiger partial charge is 0.420 e. The first-order chi connectivity index (χ1) is 4.39. The van der Waals surface area contributed by atoms with Crippen LogP contribution in [-0.4, -0.2) is 17.5 Å². The van der Waals surface area contributed by atoms with E-state index >= 15 is 0 Å². The first kappa shape index (κ1) is 9.55. The lowest BCUT2D eigenvalue weighted by atomic mass is 10.3. The van der Waals surface area contributed by atoms with Crippen LogP contribution in [0.15, 0.2) is 12.2 Å². The molecule has 0 aliphatic rings. The Kier molecular flexibility index (Phi) is 2.96. The van der Waals surface area contributed by atoms with Crippen LogP contribution in [0.1, 0.15) is 0 Å². The van der Waals surface area contributed by atoms with Crippen molar-refractivity contribution in [2.75, 3.05) is 6.26 Å². The Balaban J connectivity index is 4.24. The van der Waals surface area contributed by atoms with Crippen LogP contribution < -0.4 is 0 Å². The van der Waals surface area contributed by atoms with Crippen molar-refractivity contribution in [1.82, 2.24) is 0 Å². The van der Waals surface area contributed by atoms with E-state index in [1.807, 2.05) is 0 Å². The Morgan fingerprint density at radius 1 is 1.50 bits per heavy atom. The van der Waals surface area contributed by atoms with Crippen LogP contribution in [0.5, 0.6) is 0 Å². The lowest BCUT2D eigenvalue weighted by Crippen LogP contribution is -2.16. The molecule has 0 aromatic carbocycles. The lowest BCUT2D eigenvalue weighted by Gasteiger charge is -2.05. The van der Waals surface area contributed by atoms with Gasteiger partial charge in [-0.05, 0) is 6.26 Å². The highest BCUT2D eigenvalue weighted by atomic mass is 32.2. The van der Waals surface area contributed by atoms with Crippen LogP contribution in [-0.2, 0) is 4.79 Å². The van der Waals surface area contributed by atoms with Gasteiger partial charge in [-0.1, -0.05) is 18.3 Å². The SMILES string of the molecule is C=C(C(=O)SC)C(F)(F)F. The standard InChI is InChI=1S/C5H5F3OS/c1-3(4(9)10-2)5(6,7)8/h1H2,2H3. The van der Waals surface area contributed by atoms with Gasteiger partial charge in [-0.15, -0.1) is 0 Å². The molecule has 0 saturated carbocycles. The molecule has 1 nitrogen and oxygen atoms in total. The molecule has 0 amide bonds. The van der Waals surface area contributed by atoms with E-state index in [0.29, 0.717) is 11.8 Å². The van der Waals surface area contributed by atoms with Gasteiger partial charge in [0.05, 0.1) is 0 Å². The second-order valence-corrected chi connectivity index (χ2v) is 2.25. The first-order valence-electron chi connectivity index (χ1n) is 2.24. The van der Waals surface area contributed by atoms with Crippen LogP contribution in [0, 0.1) is 0 Å². The Morgan fingerprint density at radius 2 is 1.90 bits per heavy atom. The molecule has 0 fully saturated rings. The van der Waals surface area contributed by atoms with Gasteiger partial charge < -0.3 is 0 Å². The van der Waals surface area contributed by atoms with Crippen molar-refractivity contribution in [3.63, 3.8) is 0 Å². The third kappa shape index (κ3) is 2.43. The number of alkyl halides is 3. The molecule has 0 atom stereocenters. The Labute approximate surface area is 60.3 Å². The van der Waals surface area contributed by atoms with Gasteiger partial charge in [-0.25, -0.2) is 0 Å². The smallest absolute Gasteiger partial charge is 0.282 e. The molecule has 0 rings (SSSR count). The molecule has 0 N–H and O–H groups in total. The predicted molar refractivity (Wildman–Crippen MR) is 33.7 cm³/mol. The minimum Gasteiger partial charge on any atom is -0.282 e. The fraction of sp³-hybridized carbons (Fsp3) is 0.400. The van der Waals surface area contributed by atoms with Crippen molar-refractivity contribution in [1.29, 1.82) is 0 Å². The van der Waals surface area contributed by atoms with E-state index in [2.05, 4.69) is 6.58 Å². The van der Waals surface area contributed by atoms with Gasteiger partial charge in [-0.3, -0.25) is 4.79 Å². The highest BCUT2D eigenvalue weighted by molar-refractivity contribution is 8.13. The molecule has 0 aromatic rings. The molecule has 10 heavy (non-hydrogen) atoms. The minimum atomic E-state index is -4.58.